The molecule has 2 aromatic carbocycles. The summed E-state index contributed by atoms with van der Waals surface area (Å²) in [6, 6.07) is 15.5. The van der Waals surface area contributed by atoms with Crippen molar-refractivity contribution in [2.75, 3.05) is 0 Å². The van der Waals surface area contributed by atoms with Crippen LogP contribution >= 0.6 is 15.9 Å². The van der Waals surface area contributed by atoms with Crippen LogP contribution in [0.1, 0.15) is 16.7 Å². The molecule has 21 heavy (non-hydrogen) atoms. The van der Waals surface area contributed by atoms with Gasteiger partial charge in [0.05, 0.1) is 0 Å². The lowest BCUT2D eigenvalue weighted by molar-refractivity contribution is 0.240. The number of hydrogen-bond acceptors (Lipinski definition) is 2. The van der Waals surface area contributed by atoms with Gasteiger partial charge in [0.2, 0.25) is 0 Å². The van der Waals surface area contributed by atoms with Crippen molar-refractivity contribution in [3.8, 4) is 0 Å². The van der Waals surface area contributed by atoms with E-state index in [1.807, 2.05) is 48.5 Å². The summed E-state index contributed by atoms with van der Waals surface area (Å²) in [6.45, 7) is 1.48. The van der Waals surface area contributed by atoms with Crippen molar-refractivity contribution >= 4 is 22.0 Å². The number of urea groups is 1. The molecule has 2 amide bonds. The van der Waals surface area contributed by atoms with Gasteiger partial charge in [-0.3, -0.25) is 0 Å². The third kappa shape index (κ3) is 5.21. The first kappa shape index (κ1) is 15.5. The molecular formula is C16H18BrN3O. The third-order valence-corrected chi connectivity index (χ3v) is 3.52. The van der Waals surface area contributed by atoms with Crippen LogP contribution in [0.25, 0.3) is 0 Å². The summed E-state index contributed by atoms with van der Waals surface area (Å²) in [4.78, 5) is 11.8. The molecule has 2 aromatic rings. The van der Waals surface area contributed by atoms with Gasteiger partial charge in [0.25, 0.3) is 0 Å². The van der Waals surface area contributed by atoms with Gasteiger partial charge in [-0.15, -0.1) is 0 Å². The molecule has 0 aliphatic heterocycles. The fraction of sp³-hybridized carbons (Fsp3) is 0.188. The van der Waals surface area contributed by atoms with Gasteiger partial charge in [0.15, 0.2) is 0 Å². The second kappa shape index (κ2) is 7.81. The predicted molar refractivity (Wildman–Crippen MR) is 87.6 cm³/mol. The van der Waals surface area contributed by atoms with Crippen LogP contribution in [0, 0.1) is 0 Å². The molecule has 0 unspecified atom stereocenters. The van der Waals surface area contributed by atoms with Gasteiger partial charge in [-0.05, 0) is 28.8 Å². The lowest BCUT2D eigenvalue weighted by atomic mass is 10.1. The Morgan fingerprint density at radius 2 is 1.52 bits per heavy atom. The van der Waals surface area contributed by atoms with Gasteiger partial charge >= 0.3 is 6.03 Å². The van der Waals surface area contributed by atoms with E-state index in [9.17, 15) is 4.79 Å². The number of benzene rings is 2. The Bertz CT molecular complexity index is 616. The highest BCUT2D eigenvalue weighted by atomic mass is 79.9. The first-order valence-electron chi connectivity index (χ1n) is 6.71. The molecule has 0 bridgehead atoms. The van der Waals surface area contributed by atoms with Crippen LogP contribution in [0.15, 0.2) is 53.0 Å². The van der Waals surface area contributed by atoms with Gasteiger partial charge < -0.3 is 16.4 Å². The van der Waals surface area contributed by atoms with Crippen LogP contribution in [-0.4, -0.2) is 6.03 Å². The summed E-state index contributed by atoms with van der Waals surface area (Å²) >= 11 is 3.41. The quantitative estimate of drug-likeness (QED) is 0.778. The molecule has 0 aliphatic carbocycles. The number of rotatable bonds is 5. The maximum Gasteiger partial charge on any atom is 0.315 e. The zero-order chi connectivity index (χ0) is 15.1. The first-order valence-corrected chi connectivity index (χ1v) is 7.50. The number of amides is 2. The monoisotopic (exact) mass is 347 g/mol. The molecule has 0 aliphatic rings. The molecule has 0 fully saturated rings. The van der Waals surface area contributed by atoms with Gasteiger partial charge in [-0.2, -0.15) is 0 Å². The van der Waals surface area contributed by atoms with Crippen molar-refractivity contribution in [1.82, 2.24) is 10.6 Å². The predicted octanol–water partition coefficient (Wildman–Crippen LogP) is 2.91. The van der Waals surface area contributed by atoms with Crippen molar-refractivity contribution in [3.05, 3.63) is 69.7 Å². The normalized spacial score (nSPS) is 10.2. The fourth-order valence-corrected chi connectivity index (χ4v) is 2.39. The van der Waals surface area contributed by atoms with Crippen LogP contribution in [-0.2, 0) is 19.6 Å². The number of nitrogens with two attached hydrogens (primary N) is 1. The first-order chi connectivity index (χ1) is 10.2. The summed E-state index contributed by atoms with van der Waals surface area (Å²) in [7, 11) is 0. The SMILES string of the molecule is NCc1cccc(CNC(=O)NCc2cccc(Br)c2)c1. The van der Waals surface area contributed by atoms with E-state index in [4.69, 9.17) is 5.73 Å². The Labute approximate surface area is 132 Å². The van der Waals surface area contributed by atoms with E-state index in [0.717, 1.165) is 21.2 Å². The smallest absolute Gasteiger partial charge is 0.315 e. The summed E-state index contributed by atoms with van der Waals surface area (Å²) in [5, 5.41) is 5.66. The third-order valence-electron chi connectivity index (χ3n) is 3.02. The van der Waals surface area contributed by atoms with Crippen LogP contribution in [0.3, 0.4) is 0 Å². The molecule has 5 heteroatoms. The Morgan fingerprint density at radius 3 is 2.14 bits per heavy atom. The summed E-state index contributed by atoms with van der Waals surface area (Å²) in [5.74, 6) is 0. The Hall–Kier alpha value is -1.85. The molecule has 110 valence electrons. The highest BCUT2D eigenvalue weighted by Crippen LogP contribution is 2.11. The molecule has 4 N–H and O–H groups in total. The van der Waals surface area contributed by atoms with E-state index in [2.05, 4.69) is 26.6 Å². The standard InChI is InChI=1S/C16H18BrN3O/c17-15-6-2-5-14(8-15)11-20-16(21)19-10-13-4-1-3-12(7-13)9-18/h1-8H,9-11,18H2,(H2,19,20,21). The maximum absolute atomic E-state index is 11.8. The van der Waals surface area contributed by atoms with Gasteiger partial charge in [0.1, 0.15) is 0 Å². The van der Waals surface area contributed by atoms with E-state index < -0.39 is 0 Å². The largest absolute Gasteiger partial charge is 0.334 e. The molecule has 0 heterocycles. The minimum atomic E-state index is -0.187. The Morgan fingerprint density at radius 1 is 0.952 bits per heavy atom. The summed E-state index contributed by atoms with van der Waals surface area (Å²) in [6.07, 6.45) is 0. The van der Waals surface area contributed by atoms with E-state index in [1.54, 1.807) is 0 Å². The van der Waals surface area contributed by atoms with Gasteiger partial charge in [0, 0.05) is 24.1 Å². The van der Waals surface area contributed by atoms with Crippen LogP contribution in [0.2, 0.25) is 0 Å². The van der Waals surface area contributed by atoms with Crippen molar-refractivity contribution in [2.45, 2.75) is 19.6 Å². The molecular weight excluding hydrogens is 330 g/mol. The summed E-state index contributed by atoms with van der Waals surface area (Å²) < 4.78 is 1.00. The molecule has 0 atom stereocenters. The number of halogens is 1. The minimum Gasteiger partial charge on any atom is -0.334 e. The van der Waals surface area contributed by atoms with Crippen molar-refractivity contribution in [2.24, 2.45) is 5.73 Å². The Kier molecular flexibility index (Phi) is 5.78. The number of hydrogen-bond donors (Lipinski definition) is 3. The Balaban J connectivity index is 1.79. The average molecular weight is 348 g/mol. The molecule has 2 rings (SSSR count). The van der Waals surface area contributed by atoms with Crippen molar-refractivity contribution < 1.29 is 4.79 Å². The lowest BCUT2D eigenvalue weighted by Gasteiger charge is -2.09. The topological polar surface area (TPSA) is 67.1 Å². The molecule has 4 nitrogen and oxygen atoms in total. The zero-order valence-electron chi connectivity index (χ0n) is 11.6. The van der Waals surface area contributed by atoms with E-state index in [0.29, 0.717) is 19.6 Å². The van der Waals surface area contributed by atoms with E-state index in [1.165, 1.54) is 0 Å². The minimum absolute atomic E-state index is 0.187. The molecule has 0 radical (unpaired) electrons. The highest BCUT2D eigenvalue weighted by molar-refractivity contribution is 9.10. The molecule has 0 saturated carbocycles. The second-order valence-corrected chi connectivity index (χ2v) is 5.61. The van der Waals surface area contributed by atoms with Gasteiger partial charge in [-0.1, -0.05) is 52.3 Å². The molecule has 0 saturated heterocycles. The highest BCUT2D eigenvalue weighted by Gasteiger charge is 2.01. The fourth-order valence-electron chi connectivity index (χ4n) is 1.94. The van der Waals surface area contributed by atoms with E-state index >= 15 is 0 Å². The molecule has 0 aromatic heterocycles. The van der Waals surface area contributed by atoms with Crippen LogP contribution < -0.4 is 16.4 Å². The van der Waals surface area contributed by atoms with Crippen LogP contribution in [0.5, 0.6) is 0 Å². The van der Waals surface area contributed by atoms with Crippen molar-refractivity contribution in [1.29, 1.82) is 0 Å². The number of carbonyl (C=O) groups excluding carboxylic acids is 1. The number of carbonyl (C=O) groups is 1. The van der Waals surface area contributed by atoms with E-state index in [-0.39, 0.29) is 6.03 Å². The maximum atomic E-state index is 11.8. The van der Waals surface area contributed by atoms with Crippen molar-refractivity contribution in [3.63, 3.8) is 0 Å². The zero-order valence-corrected chi connectivity index (χ0v) is 13.2. The lowest BCUT2D eigenvalue weighted by Crippen LogP contribution is -2.34. The summed E-state index contributed by atoms with van der Waals surface area (Å²) in [5.41, 5.74) is 8.74. The molecule has 0 spiro atoms. The van der Waals surface area contributed by atoms with Gasteiger partial charge in [-0.25, -0.2) is 4.79 Å². The average Bonchev–Trinajstić information content (AvgIpc) is 2.51. The number of nitrogens with one attached hydrogen (secondary N) is 2. The van der Waals surface area contributed by atoms with Crippen LogP contribution in [0.4, 0.5) is 4.79 Å². The second-order valence-electron chi connectivity index (χ2n) is 4.69.